The third-order valence-corrected chi connectivity index (χ3v) is 11.5. The molecule has 0 fully saturated rings. The number of aryl methyl sites for hydroxylation is 4. The molecule has 0 saturated heterocycles. The minimum Gasteiger partial charge on any atom is -0.440 e. The van der Waals surface area contributed by atoms with Crippen molar-refractivity contribution in [2.24, 2.45) is 19.0 Å². The first-order valence-corrected chi connectivity index (χ1v) is 20.7. The van der Waals surface area contributed by atoms with Gasteiger partial charge in [-0.3, -0.25) is 15.0 Å². The summed E-state index contributed by atoms with van der Waals surface area (Å²) in [6, 6.07) is 2.60. The van der Waals surface area contributed by atoms with Crippen molar-refractivity contribution in [2.45, 2.75) is 63.6 Å². The van der Waals surface area contributed by atoms with E-state index in [1.165, 1.54) is 30.9 Å². The maximum absolute atomic E-state index is 15.1. The molecule has 3 atom stereocenters. The molecule has 0 saturated carbocycles. The minimum atomic E-state index is -3.89. The second-order valence-corrected chi connectivity index (χ2v) is 17.0. The Morgan fingerprint density at radius 1 is 0.763 bits per heavy atom. The summed E-state index contributed by atoms with van der Waals surface area (Å²) in [5.41, 5.74) is 4.97. The molecule has 1 aliphatic carbocycles. The van der Waals surface area contributed by atoms with Crippen LogP contribution >= 0.6 is 0 Å². The zero-order valence-corrected chi connectivity index (χ0v) is 33.2. The van der Waals surface area contributed by atoms with Gasteiger partial charge >= 0.3 is 12.1 Å². The number of amides is 4. The van der Waals surface area contributed by atoms with E-state index in [1.54, 1.807) is 39.8 Å². The van der Waals surface area contributed by atoms with Crippen LogP contribution in [0.15, 0.2) is 72.6 Å². The molecule has 6 aromatic heterocycles. The van der Waals surface area contributed by atoms with Crippen LogP contribution in [-0.4, -0.2) is 60.4 Å². The van der Waals surface area contributed by atoms with Crippen molar-refractivity contribution in [2.75, 3.05) is 10.6 Å². The first-order valence-electron chi connectivity index (χ1n) is 17.6. The molecule has 0 aromatic carbocycles. The van der Waals surface area contributed by atoms with Gasteiger partial charge in [-0.2, -0.15) is 0 Å². The van der Waals surface area contributed by atoms with E-state index < -0.39 is 43.6 Å². The molecule has 7 heterocycles. The lowest BCUT2D eigenvalue weighted by Gasteiger charge is -2.30. The number of hydrogen-bond acceptors (Lipinski definition) is 14. The van der Waals surface area contributed by atoms with Crippen LogP contribution in [0.4, 0.5) is 25.4 Å². The molecular weight excluding hydrogens is 808 g/mol. The van der Waals surface area contributed by atoms with E-state index in [4.69, 9.17) is 19.4 Å². The molecule has 8 rings (SSSR count). The number of halogens is 1. The topological polar surface area (TPSA) is 295 Å². The third-order valence-electron chi connectivity index (χ3n) is 9.20. The second-order valence-electron chi connectivity index (χ2n) is 13.6. The fourth-order valence-corrected chi connectivity index (χ4v) is 8.50. The maximum atomic E-state index is 15.1. The van der Waals surface area contributed by atoms with Crippen molar-refractivity contribution in [3.63, 3.8) is 0 Å². The van der Waals surface area contributed by atoms with Crippen LogP contribution in [0.2, 0.25) is 0 Å². The quantitative estimate of drug-likeness (QED) is 0.158. The van der Waals surface area contributed by atoms with Gasteiger partial charge in [0.15, 0.2) is 25.6 Å². The largest absolute Gasteiger partial charge is 0.440 e. The molecule has 23 heteroatoms. The van der Waals surface area contributed by atoms with Crippen molar-refractivity contribution in [3.8, 4) is 22.5 Å². The Kier molecular flexibility index (Phi) is 10.00. The maximum Gasteiger partial charge on any atom is 0.355 e. The fourth-order valence-electron chi connectivity index (χ4n) is 6.65. The van der Waals surface area contributed by atoms with E-state index in [0.29, 0.717) is 50.9 Å². The van der Waals surface area contributed by atoms with Crippen LogP contribution in [0.25, 0.3) is 22.5 Å². The summed E-state index contributed by atoms with van der Waals surface area (Å²) < 4.78 is 61.1. The predicted octanol–water partition coefficient (Wildman–Crippen LogP) is 4.73. The number of carbonyl (C=O) groups is 2. The van der Waals surface area contributed by atoms with Crippen molar-refractivity contribution in [1.29, 1.82) is 0 Å². The minimum absolute atomic E-state index is 0.0833. The Hall–Kier alpha value is -6.53. The molecule has 4 amide bonds. The molecule has 0 bridgehead atoms. The molecule has 1 aliphatic heterocycles. The number of hydrogen-bond donors (Lipinski definition) is 4. The molecule has 2 aliphatic rings. The first-order chi connectivity index (χ1) is 28.1. The summed E-state index contributed by atoms with van der Waals surface area (Å²) in [4.78, 5) is 60.4. The molecule has 6 aromatic rings. The van der Waals surface area contributed by atoms with Gasteiger partial charge in [0.05, 0.1) is 59.9 Å². The van der Waals surface area contributed by atoms with Gasteiger partial charge in [-0.05, 0) is 57.9 Å². The SMILES string of the molecule is Cc1cc(C)nc(S(N)(=O)=NC(=O)Nc2c(-c3cnc(C4Cc5c4ncc(-c4ccncc4F)c5NC(=O)N=S(N)(=O)c4nc(C)cc(C)n4)o3)cnc3c2COC3)n1. The number of rotatable bonds is 7. The van der Waals surface area contributed by atoms with E-state index in [-0.39, 0.29) is 64.1 Å². The van der Waals surface area contributed by atoms with Gasteiger partial charge < -0.3 is 19.8 Å². The number of urea groups is 2. The Morgan fingerprint density at radius 2 is 1.34 bits per heavy atom. The molecule has 3 unspecified atom stereocenters. The average molecular weight is 841 g/mol. The molecule has 302 valence electrons. The summed E-state index contributed by atoms with van der Waals surface area (Å²) in [6.45, 7) is 6.94. The van der Waals surface area contributed by atoms with E-state index in [1.807, 2.05) is 0 Å². The van der Waals surface area contributed by atoms with Crippen molar-refractivity contribution in [3.05, 3.63) is 106 Å². The standard InChI is InChI=1S/C36H33FN14O6S2/c1-16-7-17(2)45-35(44-16)58(38,54)50-33(52)48-30-21-9-22(29(21)42-10-23(30)20-5-6-40-12-26(20)37)32-43-13-28(57-32)24-11-41-27-15-56-14-25(27)31(24)49-34(53)51-59(39,55)36-46-18(3)8-19(4)47-36/h5-8,10-13,22H,9,14-15H2,1-4H3,(H3,38,42,48,50,52,54)(H3,39,41,49,51,53,55). The Morgan fingerprint density at radius 3 is 1.93 bits per heavy atom. The number of oxazole rings is 1. The van der Waals surface area contributed by atoms with Crippen LogP contribution in [-0.2, 0) is 44.2 Å². The Bertz CT molecular complexity index is 2970. The highest BCUT2D eigenvalue weighted by Crippen LogP contribution is 2.47. The number of aromatic nitrogens is 8. The number of anilines is 2. The highest BCUT2D eigenvalue weighted by atomic mass is 32.2. The zero-order valence-electron chi connectivity index (χ0n) is 31.6. The van der Waals surface area contributed by atoms with Gasteiger partial charge in [0.2, 0.25) is 16.2 Å². The summed E-state index contributed by atoms with van der Waals surface area (Å²) in [7, 11) is -7.73. The van der Waals surface area contributed by atoms with Gasteiger partial charge in [-0.1, -0.05) is 0 Å². The van der Waals surface area contributed by atoms with E-state index in [9.17, 15) is 18.0 Å². The van der Waals surface area contributed by atoms with Gasteiger partial charge in [-0.15, -0.1) is 8.73 Å². The average Bonchev–Trinajstić information content (AvgIpc) is 3.82. The lowest BCUT2D eigenvalue weighted by Crippen LogP contribution is -2.25. The Balaban J connectivity index is 1.12. The number of nitrogens with zero attached hydrogens (tertiary/aromatic N) is 10. The number of carbonyl (C=O) groups excluding carboxylic acids is 2. The van der Waals surface area contributed by atoms with Crippen molar-refractivity contribution >= 4 is 43.3 Å². The van der Waals surface area contributed by atoms with Crippen LogP contribution in [0.5, 0.6) is 0 Å². The normalized spacial score (nSPS) is 16.2. The van der Waals surface area contributed by atoms with Crippen LogP contribution in [0.1, 0.15) is 57.1 Å². The third kappa shape index (κ3) is 7.75. The van der Waals surface area contributed by atoms with Gasteiger partial charge in [0.1, 0.15) is 5.82 Å². The number of pyridine rings is 3. The summed E-state index contributed by atoms with van der Waals surface area (Å²) in [5, 5.41) is 16.6. The van der Waals surface area contributed by atoms with E-state index >= 15 is 4.39 Å². The number of nitrogens with two attached hydrogens (primary N) is 2. The molecule has 59 heavy (non-hydrogen) atoms. The van der Waals surface area contributed by atoms with Crippen molar-refractivity contribution in [1.82, 2.24) is 39.9 Å². The molecule has 0 spiro atoms. The fraction of sp³-hybridized carbons (Fsp3) is 0.222. The van der Waals surface area contributed by atoms with Gasteiger partial charge in [-0.25, -0.2) is 57.6 Å². The van der Waals surface area contributed by atoms with Crippen LogP contribution in [0.3, 0.4) is 0 Å². The van der Waals surface area contributed by atoms with Crippen LogP contribution < -0.4 is 20.9 Å². The van der Waals surface area contributed by atoms with E-state index in [2.05, 4.69) is 59.2 Å². The summed E-state index contributed by atoms with van der Waals surface area (Å²) in [6.07, 6.45) is 6.89. The highest BCUT2D eigenvalue weighted by Gasteiger charge is 2.38. The number of nitrogens with one attached hydrogen (secondary N) is 2. The van der Waals surface area contributed by atoms with E-state index in [0.717, 1.165) is 6.20 Å². The lowest BCUT2D eigenvalue weighted by atomic mass is 9.79. The molecular formula is C36H33FN14O6S2. The predicted molar refractivity (Wildman–Crippen MR) is 208 cm³/mol. The summed E-state index contributed by atoms with van der Waals surface area (Å²) >= 11 is 0. The summed E-state index contributed by atoms with van der Waals surface area (Å²) in [5.74, 6) is -0.801. The van der Waals surface area contributed by atoms with Crippen molar-refractivity contribution < 1.29 is 31.6 Å². The smallest absolute Gasteiger partial charge is 0.355 e. The molecule has 20 nitrogen and oxygen atoms in total. The highest BCUT2D eigenvalue weighted by molar-refractivity contribution is 7.91. The van der Waals surface area contributed by atoms with Gasteiger partial charge in [0, 0.05) is 58.1 Å². The zero-order chi connectivity index (χ0) is 41.8. The lowest BCUT2D eigenvalue weighted by molar-refractivity contribution is 0.133. The number of fused-ring (bicyclic) bond motifs is 2. The van der Waals surface area contributed by atoms with Gasteiger partial charge in [0.25, 0.3) is 0 Å². The monoisotopic (exact) mass is 840 g/mol. The first kappa shape index (κ1) is 39.3. The number of ether oxygens (including phenoxy) is 1. The Labute approximate surface area is 335 Å². The molecule has 6 N–H and O–H groups in total. The second kappa shape index (κ2) is 15.0. The van der Waals surface area contributed by atoms with Crippen LogP contribution in [0, 0.1) is 33.5 Å². The molecule has 0 radical (unpaired) electrons.